The number of aromatic nitrogens is 3. The Labute approximate surface area is 183 Å². The highest BCUT2D eigenvalue weighted by Gasteiger charge is 2.14. The van der Waals surface area contributed by atoms with E-state index in [4.69, 9.17) is 25.5 Å². The zero-order valence-electron chi connectivity index (χ0n) is 16.6. The zero-order chi connectivity index (χ0) is 21.6. The largest absolute Gasteiger partial charge is 0.493 e. The number of ether oxygens (including phenoxy) is 2. The minimum absolute atomic E-state index is 0.132. The van der Waals surface area contributed by atoms with Gasteiger partial charge in [-0.15, -0.1) is 5.10 Å². The number of anilines is 1. The summed E-state index contributed by atoms with van der Waals surface area (Å²) in [5, 5.41) is 7.54. The molecule has 4 rings (SSSR count). The van der Waals surface area contributed by atoms with Gasteiger partial charge in [-0.3, -0.25) is 10.1 Å². The number of rotatable bonds is 8. The molecule has 2 aromatic heterocycles. The quantitative estimate of drug-likeness (QED) is 0.438. The number of nitrogens with zero attached hydrogens (tertiary/aromatic N) is 3. The maximum atomic E-state index is 12.4. The third-order valence-electron chi connectivity index (χ3n) is 4.34. The first-order valence-corrected chi connectivity index (χ1v) is 9.78. The third kappa shape index (κ3) is 5.23. The van der Waals surface area contributed by atoms with Gasteiger partial charge in [0.1, 0.15) is 18.7 Å². The molecule has 0 atom stereocenters. The van der Waals surface area contributed by atoms with Gasteiger partial charge in [-0.2, -0.15) is 0 Å². The molecular formula is C22H19ClN4O4. The van der Waals surface area contributed by atoms with Crippen molar-refractivity contribution in [2.24, 2.45) is 0 Å². The number of nitrogens with one attached hydrogen (secondary N) is 1. The van der Waals surface area contributed by atoms with Crippen LogP contribution in [0.1, 0.15) is 21.9 Å². The summed E-state index contributed by atoms with van der Waals surface area (Å²) in [6.45, 7) is 0.660. The van der Waals surface area contributed by atoms with Crippen molar-refractivity contribution in [3.63, 3.8) is 0 Å². The Bertz CT molecular complexity index is 1170. The van der Waals surface area contributed by atoms with Crippen molar-refractivity contribution in [3.8, 4) is 11.5 Å². The summed E-state index contributed by atoms with van der Waals surface area (Å²) in [4.78, 5) is 16.5. The molecule has 31 heavy (non-hydrogen) atoms. The Morgan fingerprint density at radius 1 is 1.10 bits per heavy atom. The highest BCUT2D eigenvalue weighted by Crippen LogP contribution is 2.26. The van der Waals surface area contributed by atoms with E-state index in [1.807, 2.05) is 36.4 Å². The summed E-state index contributed by atoms with van der Waals surface area (Å²) in [5.41, 5.74) is 1.01. The van der Waals surface area contributed by atoms with Gasteiger partial charge in [-0.1, -0.05) is 35.9 Å². The number of carbonyl (C=O) groups is 1. The highest BCUT2D eigenvalue weighted by atomic mass is 35.5. The van der Waals surface area contributed by atoms with E-state index in [9.17, 15) is 4.79 Å². The summed E-state index contributed by atoms with van der Waals surface area (Å²) in [5.74, 6) is 1.56. The molecule has 0 saturated carbocycles. The molecule has 0 saturated heterocycles. The number of hydrogen-bond donors (Lipinski definition) is 1. The Kier molecular flexibility index (Phi) is 6.18. The lowest BCUT2D eigenvalue weighted by molar-refractivity contribution is 0.0991. The summed E-state index contributed by atoms with van der Waals surface area (Å²) in [7, 11) is 1.57. The predicted octanol–water partition coefficient (Wildman–Crippen LogP) is 4.41. The van der Waals surface area contributed by atoms with E-state index in [0.29, 0.717) is 28.8 Å². The fraction of sp³-hybridized carbons (Fsp3) is 0.136. The second kappa shape index (κ2) is 9.36. The van der Waals surface area contributed by atoms with Gasteiger partial charge in [0.2, 0.25) is 5.95 Å². The Morgan fingerprint density at radius 2 is 1.87 bits per heavy atom. The van der Waals surface area contributed by atoms with Gasteiger partial charge < -0.3 is 13.9 Å². The van der Waals surface area contributed by atoms with Gasteiger partial charge in [0.05, 0.1) is 13.7 Å². The van der Waals surface area contributed by atoms with Crippen LogP contribution in [0.5, 0.6) is 11.5 Å². The second-order valence-electron chi connectivity index (χ2n) is 6.55. The van der Waals surface area contributed by atoms with E-state index in [2.05, 4.69) is 15.4 Å². The molecule has 8 nitrogen and oxygen atoms in total. The molecule has 0 bridgehead atoms. The molecule has 1 N–H and O–H groups in total. The van der Waals surface area contributed by atoms with Crippen LogP contribution >= 0.6 is 11.6 Å². The monoisotopic (exact) mass is 438 g/mol. The summed E-state index contributed by atoms with van der Waals surface area (Å²) >= 11 is 5.90. The smallest absolute Gasteiger partial charge is 0.293 e. The first kappa shape index (κ1) is 20.5. The lowest BCUT2D eigenvalue weighted by Gasteiger charge is -2.08. The average Bonchev–Trinajstić information content (AvgIpc) is 3.44. The molecule has 0 aliphatic heterocycles. The van der Waals surface area contributed by atoms with Crippen molar-refractivity contribution in [3.05, 3.63) is 89.1 Å². The summed E-state index contributed by atoms with van der Waals surface area (Å²) in [6, 6.07) is 18.0. The number of para-hydroxylation sites is 2. The van der Waals surface area contributed by atoms with E-state index in [-0.39, 0.29) is 18.3 Å². The number of hydrogen-bond acceptors (Lipinski definition) is 6. The number of methoxy groups -OCH3 is 1. The highest BCUT2D eigenvalue weighted by molar-refractivity contribution is 6.30. The number of benzene rings is 2. The van der Waals surface area contributed by atoms with Gasteiger partial charge in [-0.05, 0) is 42.0 Å². The zero-order valence-corrected chi connectivity index (χ0v) is 17.4. The summed E-state index contributed by atoms with van der Waals surface area (Å²) in [6.07, 6.45) is 1.54. The predicted molar refractivity (Wildman–Crippen MR) is 115 cm³/mol. The fourth-order valence-corrected chi connectivity index (χ4v) is 2.96. The molecule has 0 spiro atoms. The molecule has 0 unspecified atom stereocenters. The molecule has 2 aromatic carbocycles. The molecule has 0 fully saturated rings. The van der Waals surface area contributed by atoms with Gasteiger partial charge in [0.15, 0.2) is 17.3 Å². The van der Waals surface area contributed by atoms with E-state index < -0.39 is 5.91 Å². The van der Waals surface area contributed by atoms with Crippen LogP contribution in [-0.2, 0) is 13.2 Å². The Balaban J connectivity index is 1.34. The van der Waals surface area contributed by atoms with Crippen LogP contribution in [0, 0.1) is 0 Å². The molecule has 2 heterocycles. The van der Waals surface area contributed by atoms with Crippen molar-refractivity contribution in [2.75, 3.05) is 12.4 Å². The topological polar surface area (TPSA) is 91.4 Å². The van der Waals surface area contributed by atoms with Crippen LogP contribution in [0.3, 0.4) is 0 Å². The second-order valence-corrected chi connectivity index (χ2v) is 6.99. The van der Waals surface area contributed by atoms with Crippen molar-refractivity contribution in [2.45, 2.75) is 13.2 Å². The third-order valence-corrected chi connectivity index (χ3v) is 4.60. The van der Waals surface area contributed by atoms with Crippen molar-refractivity contribution < 1.29 is 18.7 Å². The molecule has 0 radical (unpaired) electrons. The molecule has 1 amide bonds. The molecule has 9 heteroatoms. The van der Waals surface area contributed by atoms with Gasteiger partial charge in [0.25, 0.3) is 5.91 Å². The minimum Gasteiger partial charge on any atom is -0.493 e. The van der Waals surface area contributed by atoms with Gasteiger partial charge >= 0.3 is 0 Å². The molecule has 0 aliphatic carbocycles. The number of carbonyl (C=O) groups excluding carboxylic acids is 1. The first-order valence-electron chi connectivity index (χ1n) is 9.40. The number of furan rings is 1. The molecular weight excluding hydrogens is 420 g/mol. The molecule has 4 aromatic rings. The van der Waals surface area contributed by atoms with Crippen LogP contribution in [0.2, 0.25) is 5.02 Å². The SMILES string of the molecule is COc1ccccc1OCc1ccc(C(=O)Nc2ncn(Cc3ccc(Cl)cc3)n2)o1. The van der Waals surface area contributed by atoms with Crippen molar-refractivity contribution in [1.82, 2.24) is 14.8 Å². The molecule has 158 valence electrons. The Hall–Kier alpha value is -3.78. The van der Waals surface area contributed by atoms with Crippen LogP contribution in [0.15, 0.2) is 71.4 Å². The summed E-state index contributed by atoms with van der Waals surface area (Å²) < 4.78 is 18.1. The van der Waals surface area contributed by atoms with Crippen molar-refractivity contribution in [1.29, 1.82) is 0 Å². The molecule has 0 aliphatic rings. The van der Waals surface area contributed by atoms with Crippen LogP contribution in [-0.4, -0.2) is 27.8 Å². The van der Waals surface area contributed by atoms with Gasteiger partial charge in [0, 0.05) is 5.02 Å². The van der Waals surface area contributed by atoms with E-state index in [1.54, 1.807) is 42.4 Å². The van der Waals surface area contributed by atoms with Gasteiger partial charge in [-0.25, -0.2) is 9.67 Å². The Morgan fingerprint density at radius 3 is 2.65 bits per heavy atom. The first-order chi connectivity index (χ1) is 15.1. The maximum Gasteiger partial charge on any atom is 0.293 e. The average molecular weight is 439 g/mol. The minimum atomic E-state index is -0.451. The standard InChI is InChI=1S/C22H19ClN4O4/c1-29-18-4-2-3-5-19(18)30-13-17-10-11-20(31-17)21(28)25-22-24-14-27(26-22)12-15-6-8-16(23)9-7-15/h2-11,14H,12-13H2,1H3,(H,25,26,28). The van der Waals surface area contributed by atoms with Crippen LogP contribution in [0.4, 0.5) is 5.95 Å². The van der Waals surface area contributed by atoms with E-state index >= 15 is 0 Å². The normalized spacial score (nSPS) is 10.6. The lowest BCUT2D eigenvalue weighted by Crippen LogP contribution is -2.12. The maximum absolute atomic E-state index is 12.4. The van der Waals surface area contributed by atoms with Crippen LogP contribution < -0.4 is 14.8 Å². The van der Waals surface area contributed by atoms with E-state index in [1.165, 1.54) is 0 Å². The van der Waals surface area contributed by atoms with Crippen molar-refractivity contribution >= 4 is 23.5 Å². The lowest BCUT2D eigenvalue weighted by atomic mass is 10.2. The number of halogens is 1. The fourth-order valence-electron chi connectivity index (χ4n) is 2.83. The number of amides is 1. The van der Waals surface area contributed by atoms with Crippen LogP contribution in [0.25, 0.3) is 0 Å². The van der Waals surface area contributed by atoms with E-state index in [0.717, 1.165) is 5.56 Å².